The fourth-order valence-electron chi connectivity index (χ4n) is 26.3. The average Bonchev–Trinajstić information content (AvgIpc) is 0.737. The molecule has 8 atom stereocenters. The van der Waals surface area contributed by atoms with Crippen molar-refractivity contribution >= 4 is 126 Å². The van der Waals surface area contributed by atoms with E-state index in [-0.39, 0.29) is 18.6 Å². The van der Waals surface area contributed by atoms with Crippen LogP contribution in [0.5, 0.6) is 28.7 Å². The molecule has 15 aromatic rings. The summed E-state index contributed by atoms with van der Waals surface area (Å²) in [4.78, 5) is 48.8. The van der Waals surface area contributed by atoms with Gasteiger partial charge >= 0.3 is 6.09 Å². The molecule has 17 nitrogen and oxygen atoms in total. The van der Waals surface area contributed by atoms with Crippen molar-refractivity contribution in [3.8, 4) is 28.7 Å². The number of aldehydes is 1. The first-order valence-corrected chi connectivity index (χ1v) is 52.6. The molecule has 17 heteroatoms. The minimum Gasteiger partial charge on any atom is -0.496 e. The number of methoxy groups -OCH3 is 7. The molecule has 0 spiro atoms. The Morgan fingerprint density at radius 2 is 0.660 bits per heavy atom. The Balaban J connectivity index is 0.000000110. The van der Waals surface area contributed by atoms with E-state index in [0.717, 1.165) is 185 Å². The molecule has 4 fully saturated rings. The van der Waals surface area contributed by atoms with Crippen LogP contribution in [0.2, 0.25) is 0 Å². The lowest BCUT2D eigenvalue weighted by molar-refractivity contribution is -0.123. The van der Waals surface area contributed by atoms with Gasteiger partial charge in [0.05, 0.1) is 59.9 Å². The molecule has 144 heavy (non-hydrogen) atoms. The Kier molecular flexibility index (Phi) is 27.8. The summed E-state index contributed by atoms with van der Waals surface area (Å²) >= 11 is 0. The third-order valence-corrected chi connectivity index (χ3v) is 34.0. The van der Waals surface area contributed by atoms with Gasteiger partial charge in [-0.1, -0.05) is 126 Å². The number of ether oxygens (including phenoxy) is 8. The molecule has 0 unspecified atom stereocenters. The molecule has 4 saturated heterocycles. The highest BCUT2D eigenvalue weighted by Crippen LogP contribution is 2.51. The molecule has 15 aromatic carbocycles. The van der Waals surface area contributed by atoms with E-state index in [1.165, 1.54) is 192 Å². The maximum absolute atomic E-state index is 13.1. The zero-order valence-corrected chi connectivity index (χ0v) is 88.7. The Bertz CT molecular complexity index is 7490. The fraction of sp³-hybridized carbons (Fsp3) is 0.425. The van der Waals surface area contributed by atoms with Crippen LogP contribution < -0.4 is 23.7 Å². The summed E-state index contributed by atoms with van der Waals surface area (Å²) in [7, 11) is 12.5. The van der Waals surface area contributed by atoms with Crippen LogP contribution in [-0.2, 0) is 88.6 Å². The third kappa shape index (κ3) is 18.8. The van der Waals surface area contributed by atoms with Crippen molar-refractivity contribution in [2.24, 2.45) is 0 Å². The highest BCUT2D eigenvalue weighted by molar-refractivity contribution is 6.17. The van der Waals surface area contributed by atoms with E-state index in [4.69, 9.17) is 37.9 Å². The number of carbonyl (C=O) groups is 3. The lowest BCUT2D eigenvalue weighted by atomic mass is 9.77. The van der Waals surface area contributed by atoms with Crippen molar-refractivity contribution in [3.05, 3.63) is 263 Å². The zero-order chi connectivity index (χ0) is 101. The van der Waals surface area contributed by atoms with Gasteiger partial charge in [0.25, 0.3) is 0 Å². The molecular weight excluding hydrogens is 1790 g/mol. The Hall–Kier alpha value is -11.8. The van der Waals surface area contributed by atoms with Gasteiger partial charge in [0.1, 0.15) is 46.4 Å². The highest BCUT2D eigenvalue weighted by atomic mass is 16.6. The second-order valence-electron chi connectivity index (χ2n) is 44.3. The molecule has 0 aromatic heterocycles. The number of aryl methyl sites for hydroxylation is 10. The van der Waals surface area contributed by atoms with Gasteiger partial charge in [0, 0.05) is 116 Å². The zero-order valence-electron chi connectivity index (χ0n) is 88.7. The summed E-state index contributed by atoms with van der Waals surface area (Å²) < 4.78 is 45.4. The highest BCUT2D eigenvalue weighted by Gasteiger charge is 2.44. The number of aliphatic hydroxyl groups is 1. The molecule has 0 radical (unpaired) electrons. The number of benzene rings is 15. The predicted octanol–water partition coefficient (Wildman–Crippen LogP) is 26.2. The number of nitrogens with zero attached hydrogens (tertiary/aromatic N) is 5. The standard InChI is InChI=1S/C27H31NO4.C26H31NO2.2C25H29NO2.C24H25NO2/c1-16-7-8-19-20(11-16)21-12-17(2)25(31-6)14-23(21)22-13-18(9-10-29)28(15-24(19)22)26(30)32-27(3,4)5;1-5-26(28)8-9-27-15-24-19-7-6-16(2)10-20(19)21-11-17(3)25(29-4)13-23(21)22(24)12-18(27)14-26;2*1-15-5-6-19-20(9-15)21-10-16(2)25(28-4)13-23(21)22-12-17-11-18(27-3)7-8-26(17)14-24(19)22;1-14-4-5-18-19(8-14)20-9-15(2)24(27-3)12-22(20)21-11-16-10-17(26)6-7-25(16)13-23(18)21/h7-8,10-12,14,18H,9,13,15H2,1-6H3;6-7,10-11,13,18,28H,5,8-9,12,14-15H2,1-4H3;2*5-6,9-10,13,17-18H,7-8,11-12,14H2,1-4H3;4-5,8-9,12,16H,6-7,10-11,13H2,1-3H3/t18-;18-,26+;17-,18+;17-,18-;16-/m10111/s1. The summed E-state index contributed by atoms with van der Waals surface area (Å²) in [5.74, 6) is 5.13. The predicted molar refractivity (Wildman–Crippen MR) is 588 cm³/mol. The van der Waals surface area contributed by atoms with Crippen LogP contribution in [0.25, 0.3) is 108 Å². The van der Waals surface area contributed by atoms with Gasteiger partial charge in [-0.2, -0.15) is 0 Å². The molecule has 24 rings (SSSR count). The van der Waals surface area contributed by atoms with Crippen LogP contribution >= 0.6 is 0 Å². The number of piperidine rings is 4. The maximum atomic E-state index is 13.1. The molecule has 9 aliphatic heterocycles. The average molecular weight is 1930 g/mol. The van der Waals surface area contributed by atoms with E-state index in [0.29, 0.717) is 68.0 Å². The third-order valence-electron chi connectivity index (χ3n) is 34.0. The largest absolute Gasteiger partial charge is 0.496 e. The molecular formula is C127H145N5O12. The minimum absolute atomic E-state index is 0.242. The topological polar surface area (TPSA) is 161 Å². The Labute approximate surface area is 849 Å². The number of fused-ring (bicyclic) bond motifs is 34. The normalized spacial score (nSPS) is 20.9. The molecule has 750 valence electrons. The number of hydrogen-bond donors (Lipinski definition) is 1. The number of carbonyl (C=O) groups excluding carboxylic acids is 3. The van der Waals surface area contributed by atoms with E-state index >= 15 is 0 Å². The number of ketones is 1. The summed E-state index contributed by atoms with van der Waals surface area (Å²) in [5, 5.41) is 37.3. The van der Waals surface area contributed by atoms with E-state index in [1.54, 1.807) is 40.4 Å². The first kappa shape index (κ1) is 99.6. The molecule has 1 N–H and O–H groups in total. The van der Waals surface area contributed by atoms with Crippen LogP contribution in [0.1, 0.15) is 203 Å². The van der Waals surface area contributed by atoms with Crippen molar-refractivity contribution in [2.45, 2.75) is 280 Å². The van der Waals surface area contributed by atoms with E-state index < -0.39 is 11.2 Å². The molecule has 0 aliphatic carbocycles. The molecule has 9 heterocycles. The van der Waals surface area contributed by atoms with Crippen LogP contribution in [0, 0.1) is 69.2 Å². The smallest absolute Gasteiger partial charge is 0.410 e. The van der Waals surface area contributed by atoms with Gasteiger partial charge < -0.3 is 52.7 Å². The lowest BCUT2D eigenvalue weighted by Crippen LogP contribution is -2.52. The first-order chi connectivity index (χ1) is 69.3. The SMILES string of the molecule is CC[C@@]1(O)CCN2Cc3c(c4cc(OC)c(C)cc4c4cc(C)ccc34)C[C@H]2C1.COc1cc2c3c(c4ccc(C)cc4c2cc1C)CN(C(=O)OC(C)(C)C)[C@H](CC=O)C3.COc1cc2c3c(c4ccc(C)cc4c2cc1C)CN1CCC(=O)C[C@@H]1C3.COc1cc2c3c(c4ccc(C)cc4c2cc1C)CN1CC[C@@H](OC)C[C@@H]1C3.COc1cc2c3c(c4ccc(C)cc4c2cc1C)CN1CC[C@H](OC)C[C@@H]1C3. The summed E-state index contributed by atoms with van der Waals surface area (Å²) in [6, 6.07) is 58.3. The maximum Gasteiger partial charge on any atom is 0.410 e. The second kappa shape index (κ2) is 40.2. The monoisotopic (exact) mass is 1930 g/mol. The van der Waals surface area contributed by atoms with Crippen molar-refractivity contribution in [1.82, 2.24) is 24.5 Å². The van der Waals surface area contributed by atoms with Gasteiger partial charge in [0.2, 0.25) is 0 Å². The minimum atomic E-state index is -0.601. The van der Waals surface area contributed by atoms with Crippen LogP contribution in [0.4, 0.5) is 4.79 Å². The Morgan fingerprint density at radius 3 is 0.972 bits per heavy atom. The van der Waals surface area contributed by atoms with Gasteiger partial charge in [-0.15, -0.1) is 0 Å². The van der Waals surface area contributed by atoms with Gasteiger partial charge in [-0.25, -0.2) is 4.79 Å². The lowest BCUT2D eigenvalue weighted by Gasteiger charge is -2.47. The summed E-state index contributed by atoms with van der Waals surface area (Å²) in [6.07, 6.45) is 14.9. The van der Waals surface area contributed by atoms with E-state index in [9.17, 15) is 19.5 Å². The quantitative estimate of drug-likeness (QED) is 0.102. The van der Waals surface area contributed by atoms with Crippen molar-refractivity contribution in [3.63, 3.8) is 0 Å². The van der Waals surface area contributed by atoms with Gasteiger partial charge in [0.15, 0.2) is 0 Å². The number of Topliss-reactive ketones (excluding diaryl/α,β-unsaturated/α-hetero) is 1. The van der Waals surface area contributed by atoms with Crippen molar-refractivity contribution in [2.75, 3.05) is 75.9 Å². The molecule has 0 saturated carbocycles. The second-order valence-corrected chi connectivity index (χ2v) is 44.3. The molecule has 1 amide bonds. The fourth-order valence-corrected chi connectivity index (χ4v) is 26.3. The van der Waals surface area contributed by atoms with Crippen LogP contribution in [0.3, 0.4) is 0 Å². The first-order valence-electron chi connectivity index (χ1n) is 52.6. The van der Waals surface area contributed by atoms with E-state index in [2.05, 4.69) is 247 Å². The Morgan fingerprint density at radius 1 is 0.361 bits per heavy atom. The number of hydrogen-bond acceptors (Lipinski definition) is 16. The van der Waals surface area contributed by atoms with Crippen LogP contribution in [0.15, 0.2) is 152 Å². The molecule has 9 aliphatic rings. The number of rotatable bonds is 10. The number of amides is 1. The molecule has 0 bridgehead atoms. The van der Waals surface area contributed by atoms with E-state index in [1.807, 2.05) is 35.0 Å². The summed E-state index contributed by atoms with van der Waals surface area (Å²) in [5.41, 5.74) is 25.3. The van der Waals surface area contributed by atoms with Crippen molar-refractivity contribution in [1.29, 1.82) is 0 Å². The van der Waals surface area contributed by atoms with Gasteiger partial charge in [-0.3, -0.25) is 24.4 Å². The van der Waals surface area contributed by atoms with Crippen LogP contribution in [-0.4, -0.2) is 177 Å². The van der Waals surface area contributed by atoms with Gasteiger partial charge in [-0.05, 0) is 419 Å². The summed E-state index contributed by atoms with van der Waals surface area (Å²) in [6.45, 7) is 37.6. The van der Waals surface area contributed by atoms with Crippen molar-refractivity contribution < 1.29 is 57.4 Å².